The van der Waals surface area contributed by atoms with Gasteiger partial charge in [0.2, 0.25) is 0 Å². The van der Waals surface area contributed by atoms with Gasteiger partial charge in [0.05, 0.1) is 11.5 Å². The number of nitrogens with one attached hydrogen (secondary N) is 1. The average Bonchev–Trinajstić information content (AvgIpc) is 2.93. The topological polar surface area (TPSA) is 86.4 Å². The molecule has 0 unspecified atom stereocenters. The van der Waals surface area contributed by atoms with Crippen molar-refractivity contribution in [3.05, 3.63) is 63.8 Å². The first-order valence-corrected chi connectivity index (χ1v) is 8.20. The van der Waals surface area contributed by atoms with Crippen molar-refractivity contribution in [3.63, 3.8) is 0 Å². The van der Waals surface area contributed by atoms with Gasteiger partial charge in [-0.3, -0.25) is 10.1 Å². The number of hydrogen-bond donors (Lipinski definition) is 1. The number of nitro groups is 1. The molecule has 7 nitrogen and oxygen atoms in total. The van der Waals surface area contributed by atoms with Crippen molar-refractivity contribution in [2.45, 2.75) is 13.8 Å². The highest BCUT2D eigenvalue weighted by Gasteiger charge is 2.23. The summed E-state index contributed by atoms with van der Waals surface area (Å²) in [4.78, 5) is 23.2. The number of nitrogens with zero attached hydrogens (tertiary/aromatic N) is 2. The maximum Gasteiger partial charge on any atom is 0.354 e. The molecule has 1 N–H and O–H groups in total. The van der Waals surface area contributed by atoms with Gasteiger partial charge in [-0.15, -0.1) is 0 Å². The highest BCUT2D eigenvalue weighted by atomic mass is 16.6. The Hall–Kier alpha value is -3.35. The smallest absolute Gasteiger partial charge is 0.354 e. The summed E-state index contributed by atoms with van der Waals surface area (Å²) in [6.07, 6.45) is 0. The molecular weight excluding hydrogens is 334 g/mol. The van der Waals surface area contributed by atoms with Crippen molar-refractivity contribution in [3.8, 4) is 0 Å². The molecule has 0 saturated carbocycles. The van der Waals surface area contributed by atoms with E-state index in [0.717, 1.165) is 11.3 Å². The molecule has 0 aliphatic rings. The molecule has 0 atom stereocenters. The van der Waals surface area contributed by atoms with Gasteiger partial charge in [-0.05, 0) is 43.7 Å². The summed E-state index contributed by atoms with van der Waals surface area (Å²) < 4.78 is 6.57. The van der Waals surface area contributed by atoms with Crippen LogP contribution in [-0.4, -0.2) is 22.1 Å². The maximum atomic E-state index is 12.2. The Bertz CT molecular complexity index is 1010. The van der Waals surface area contributed by atoms with Gasteiger partial charge in [-0.2, -0.15) is 0 Å². The summed E-state index contributed by atoms with van der Waals surface area (Å²) in [6, 6.07) is 12.5. The van der Waals surface area contributed by atoms with Crippen molar-refractivity contribution in [2.24, 2.45) is 7.05 Å². The lowest BCUT2D eigenvalue weighted by Crippen LogP contribution is -2.09. The number of ether oxygens (including phenoxy) is 1. The van der Waals surface area contributed by atoms with Crippen LogP contribution in [-0.2, 0) is 11.8 Å². The first kappa shape index (κ1) is 17.5. The van der Waals surface area contributed by atoms with E-state index in [-0.39, 0.29) is 18.0 Å². The van der Waals surface area contributed by atoms with E-state index < -0.39 is 10.9 Å². The minimum Gasteiger partial charge on any atom is -0.461 e. The summed E-state index contributed by atoms with van der Waals surface area (Å²) in [7, 11) is 1.62. The van der Waals surface area contributed by atoms with Crippen LogP contribution in [0.5, 0.6) is 0 Å². The van der Waals surface area contributed by atoms with Crippen molar-refractivity contribution in [1.29, 1.82) is 0 Å². The van der Waals surface area contributed by atoms with Crippen LogP contribution in [0.25, 0.3) is 10.9 Å². The van der Waals surface area contributed by atoms with Crippen molar-refractivity contribution in [2.75, 3.05) is 11.9 Å². The van der Waals surface area contributed by atoms with E-state index in [1.165, 1.54) is 10.6 Å². The number of nitro benzene ring substituents is 1. The van der Waals surface area contributed by atoms with Gasteiger partial charge < -0.3 is 14.6 Å². The number of aryl methyl sites for hydroxylation is 2. The predicted octanol–water partition coefficient (Wildman–Crippen LogP) is 4.32. The summed E-state index contributed by atoms with van der Waals surface area (Å²) in [5, 5.41) is 15.3. The molecule has 0 bridgehead atoms. The Morgan fingerprint density at radius 3 is 2.69 bits per heavy atom. The maximum absolute atomic E-state index is 12.2. The standard InChI is InChI=1S/C19H19N3O4/c1-4-26-19(23)17-11-14-15(20-13-7-5-6-12(2)10-13)8-9-16(22(24)25)18(14)21(17)3/h5-11,20H,4H2,1-3H3. The fraction of sp³-hybridized carbons (Fsp3) is 0.211. The van der Waals surface area contributed by atoms with Crippen molar-refractivity contribution in [1.82, 2.24) is 4.57 Å². The monoisotopic (exact) mass is 353 g/mol. The van der Waals surface area contributed by atoms with E-state index in [1.807, 2.05) is 31.2 Å². The lowest BCUT2D eigenvalue weighted by molar-refractivity contribution is -0.383. The summed E-state index contributed by atoms with van der Waals surface area (Å²) in [5.74, 6) is -0.512. The van der Waals surface area contributed by atoms with E-state index >= 15 is 0 Å². The molecule has 0 spiro atoms. The van der Waals surface area contributed by atoms with Crippen molar-refractivity contribution < 1.29 is 14.5 Å². The van der Waals surface area contributed by atoms with Crippen LogP contribution in [0.1, 0.15) is 23.0 Å². The fourth-order valence-electron chi connectivity index (χ4n) is 2.98. The van der Waals surface area contributed by atoms with Crippen LogP contribution in [0, 0.1) is 17.0 Å². The zero-order chi connectivity index (χ0) is 18.8. The molecule has 0 fully saturated rings. The van der Waals surface area contributed by atoms with Crippen LogP contribution >= 0.6 is 0 Å². The second-order valence-electron chi connectivity index (χ2n) is 5.96. The molecule has 2 aromatic carbocycles. The molecule has 0 aliphatic heterocycles. The Morgan fingerprint density at radius 1 is 1.27 bits per heavy atom. The number of aromatic nitrogens is 1. The third-order valence-corrected chi connectivity index (χ3v) is 4.15. The Morgan fingerprint density at radius 2 is 2.04 bits per heavy atom. The van der Waals surface area contributed by atoms with Gasteiger partial charge >= 0.3 is 5.97 Å². The normalized spacial score (nSPS) is 10.7. The number of benzene rings is 2. The SMILES string of the molecule is CCOC(=O)c1cc2c(Nc3cccc(C)c3)ccc([N+](=O)[O-])c2n1C. The molecule has 134 valence electrons. The summed E-state index contributed by atoms with van der Waals surface area (Å²) in [5.41, 5.74) is 3.21. The van der Waals surface area contributed by atoms with Gasteiger partial charge in [0.25, 0.3) is 5.69 Å². The third-order valence-electron chi connectivity index (χ3n) is 4.15. The van der Waals surface area contributed by atoms with Gasteiger partial charge in [0.1, 0.15) is 11.2 Å². The number of carbonyl (C=O) groups is 1. The molecule has 0 radical (unpaired) electrons. The zero-order valence-electron chi connectivity index (χ0n) is 14.8. The molecule has 7 heteroatoms. The third kappa shape index (κ3) is 3.11. The van der Waals surface area contributed by atoms with Crippen LogP contribution in [0.2, 0.25) is 0 Å². The van der Waals surface area contributed by atoms with Gasteiger partial charge in [0, 0.05) is 29.9 Å². The first-order valence-electron chi connectivity index (χ1n) is 8.20. The molecule has 1 heterocycles. The lowest BCUT2D eigenvalue weighted by atomic mass is 10.1. The predicted molar refractivity (Wildman–Crippen MR) is 100.0 cm³/mol. The van der Waals surface area contributed by atoms with Crippen LogP contribution in [0.3, 0.4) is 0 Å². The highest BCUT2D eigenvalue weighted by molar-refractivity contribution is 6.04. The number of rotatable bonds is 5. The zero-order valence-corrected chi connectivity index (χ0v) is 14.8. The summed E-state index contributed by atoms with van der Waals surface area (Å²) >= 11 is 0. The van der Waals surface area contributed by atoms with Crippen LogP contribution in [0.15, 0.2) is 42.5 Å². The van der Waals surface area contributed by atoms with Crippen LogP contribution in [0.4, 0.5) is 17.1 Å². The summed E-state index contributed by atoms with van der Waals surface area (Å²) in [6.45, 7) is 3.93. The van der Waals surface area contributed by atoms with Gasteiger partial charge in [-0.25, -0.2) is 4.79 Å². The molecular formula is C19H19N3O4. The Kier molecular flexibility index (Phi) is 4.62. The lowest BCUT2D eigenvalue weighted by Gasteiger charge is -2.09. The number of carbonyl (C=O) groups excluding carboxylic acids is 1. The number of esters is 1. The van der Waals surface area contributed by atoms with Gasteiger partial charge in [-0.1, -0.05) is 12.1 Å². The molecule has 0 amide bonds. The average molecular weight is 353 g/mol. The number of hydrogen-bond acceptors (Lipinski definition) is 5. The van der Waals surface area contributed by atoms with E-state index in [0.29, 0.717) is 16.6 Å². The molecule has 26 heavy (non-hydrogen) atoms. The number of fused-ring (bicyclic) bond motifs is 1. The van der Waals surface area contributed by atoms with E-state index in [2.05, 4.69) is 5.32 Å². The first-order chi connectivity index (χ1) is 12.4. The van der Waals surface area contributed by atoms with E-state index in [4.69, 9.17) is 4.74 Å². The van der Waals surface area contributed by atoms with Crippen molar-refractivity contribution >= 4 is 33.9 Å². The molecule has 3 aromatic rings. The second-order valence-corrected chi connectivity index (χ2v) is 5.96. The number of non-ortho nitro benzene ring substituents is 1. The van der Waals surface area contributed by atoms with E-state index in [9.17, 15) is 14.9 Å². The highest BCUT2D eigenvalue weighted by Crippen LogP contribution is 2.35. The molecule has 0 saturated heterocycles. The molecule has 0 aliphatic carbocycles. The minimum atomic E-state index is -0.512. The molecule has 3 rings (SSSR count). The largest absolute Gasteiger partial charge is 0.461 e. The van der Waals surface area contributed by atoms with E-state index in [1.54, 1.807) is 26.1 Å². The molecule has 1 aromatic heterocycles. The Labute approximate surface area is 150 Å². The minimum absolute atomic E-state index is 0.0622. The number of anilines is 2. The Balaban J connectivity index is 2.18. The quantitative estimate of drug-likeness (QED) is 0.419. The van der Waals surface area contributed by atoms with Crippen LogP contribution < -0.4 is 5.32 Å². The second kappa shape index (κ2) is 6.87. The van der Waals surface area contributed by atoms with Gasteiger partial charge in [0.15, 0.2) is 0 Å². The fourth-order valence-corrected chi connectivity index (χ4v) is 2.98.